The highest BCUT2D eigenvalue weighted by Crippen LogP contribution is 2.31. The number of benzene rings is 1. The molecule has 20 heavy (non-hydrogen) atoms. The van der Waals surface area contributed by atoms with Crippen LogP contribution < -0.4 is 11.1 Å². The molecule has 0 atom stereocenters. The van der Waals surface area contributed by atoms with Gasteiger partial charge in [0.05, 0.1) is 29.6 Å². The van der Waals surface area contributed by atoms with Gasteiger partial charge >= 0.3 is 0 Å². The van der Waals surface area contributed by atoms with E-state index < -0.39 is 0 Å². The third-order valence-corrected chi connectivity index (χ3v) is 2.82. The normalized spacial score (nSPS) is 10.6. The van der Waals surface area contributed by atoms with Gasteiger partial charge in [-0.3, -0.25) is 4.79 Å². The summed E-state index contributed by atoms with van der Waals surface area (Å²) >= 11 is 11.7. The standard InChI is InChI=1S/C13H18Cl2N2O3/c1-2-3-19-4-5-20-8-12(18)17-13-10(15)6-9(14)7-11(13)16/h6-7H,2-5,8,16H2,1H3,(H,17,18). The largest absolute Gasteiger partial charge is 0.397 e. The van der Waals surface area contributed by atoms with Crippen molar-refractivity contribution in [2.24, 2.45) is 0 Å². The highest BCUT2D eigenvalue weighted by molar-refractivity contribution is 6.37. The zero-order valence-electron chi connectivity index (χ0n) is 11.2. The monoisotopic (exact) mass is 320 g/mol. The van der Waals surface area contributed by atoms with Crippen molar-refractivity contribution in [3.8, 4) is 0 Å². The molecule has 3 N–H and O–H groups in total. The summed E-state index contributed by atoms with van der Waals surface area (Å²) in [5, 5.41) is 3.29. The van der Waals surface area contributed by atoms with Crippen LogP contribution in [0.15, 0.2) is 12.1 Å². The molecule has 0 aliphatic heterocycles. The van der Waals surface area contributed by atoms with Crippen molar-refractivity contribution in [1.82, 2.24) is 0 Å². The second-order valence-corrected chi connectivity index (χ2v) is 4.91. The molecule has 0 radical (unpaired) electrons. The van der Waals surface area contributed by atoms with Crippen LogP contribution in [-0.4, -0.2) is 32.3 Å². The van der Waals surface area contributed by atoms with Crippen LogP contribution in [0.3, 0.4) is 0 Å². The quantitative estimate of drug-likeness (QED) is 0.570. The van der Waals surface area contributed by atoms with E-state index in [4.69, 9.17) is 38.4 Å². The Morgan fingerprint density at radius 3 is 2.60 bits per heavy atom. The molecular weight excluding hydrogens is 303 g/mol. The van der Waals surface area contributed by atoms with Gasteiger partial charge in [0.25, 0.3) is 0 Å². The van der Waals surface area contributed by atoms with E-state index in [0.29, 0.717) is 36.2 Å². The molecule has 0 aliphatic rings. The Hall–Kier alpha value is -1.01. The Morgan fingerprint density at radius 2 is 1.95 bits per heavy atom. The molecular formula is C13H18Cl2N2O3. The molecule has 0 saturated heterocycles. The average Bonchev–Trinajstić information content (AvgIpc) is 2.38. The predicted molar refractivity (Wildman–Crippen MR) is 81.4 cm³/mol. The Bertz CT molecular complexity index is 432. The Kier molecular flexibility index (Phi) is 7.69. The molecule has 5 nitrogen and oxygen atoms in total. The first-order valence-electron chi connectivity index (χ1n) is 6.24. The fourth-order valence-electron chi connectivity index (χ4n) is 1.43. The zero-order chi connectivity index (χ0) is 15.0. The van der Waals surface area contributed by atoms with Gasteiger partial charge in [-0.15, -0.1) is 0 Å². The third kappa shape index (κ3) is 5.96. The summed E-state index contributed by atoms with van der Waals surface area (Å²) in [5.74, 6) is -0.337. The van der Waals surface area contributed by atoms with E-state index in [0.717, 1.165) is 6.42 Å². The predicted octanol–water partition coefficient (Wildman–Crippen LogP) is 2.96. The SMILES string of the molecule is CCCOCCOCC(=O)Nc1c(N)cc(Cl)cc1Cl. The molecule has 1 amide bonds. The van der Waals surface area contributed by atoms with Crippen molar-refractivity contribution >= 4 is 40.5 Å². The molecule has 0 aliphatic carbocycles. The van der Waals surface area contributed by atoms with Crippen molar-refractivity contribution < 1.29 is 14.3 Å². The molecule has 0 fully saturated rings. The number of halogens is 2. The molecule has 0 bridgehead atoms. The first-order chi connectivity index (χ1) is 9.54. The third-order valence-electron chi connectivity index (χ3n) is 2.30. The first kappa shape index (κ1) is 17.0. The van der Waals surface area contributed by atoms with Crippen molar-refractivity contribution in [2.75, 3.05) is 37.5 Å². The van der Waals surface area contributed by atoms with Crippen molar-refractivity contribution in [3.05, 3.63) is 22.2 Å². The number of ether oxygens (including phenoxy) is 2. The second-order valence-electron chi connectivity index (χ2n) is 4.06. The summed E-state index contributed by atoms with van der Waals surface area (Å²) in [5.41, 5.74) is 6.38. The van der Waals surface area contributed by atoms with Crippen LogP contribution in [-0.2, 0) is 14.3 Å². The van der Waals surface area contributed by atoms with E-state index >= 15 is 0 Å². The smallest absolute Gasteiger partial charge is 0.250 e. The van der Waals surface area contributed by atoms with Gasteiger partial charge in [0.1, 0.15) is 6.61 Å². The molecule has 112 valence electrons. The van der Waals surface area contributed by atoms with Crippen LogP contribution in [0.4, 0.5) is 11.4 Å². The minimum Gasteiger partial charge on any atom is -0.397 e. The van der Waals surface area contributed by atoms with E-state index in [2.05, 4.69) is 5.32 Å². The van der Waals surface area contributed by atoms with Gasteiger partial charge in [0.15, 0.2) is 0 Å². The van der Waals surface area contributed by atoms with Crippen LogP contribution in [0.5, 0.6) is 0 Å². The molecule has 0 heterocycles. The number of rotatable bonds is 8. The maximum Gasteiger partial charge on any atom is 0.250 e. The summed E-state index contributed by atoms with van der Waals surface area (Å²) in [6.45, 7) is 3.44. The maximum atomic E-state index is 11.7. The van der Waals surface area contributed by atoms with Crippen LogP contribution in [0.2, 0.25) is 10.0 Å². The molecule has 0 spiro atoms. The number of nitrogens with two attached hydrogens (primary N) is 1. The van der Waals surface area contributed by atoms with E-state index in [1.165, 1.54) is 12.1 Å². The Balaban J connectivity index is 2.36. The lowest BCUT2D eigenvalue weighted by molar-refractivity contribution is -0.121. The van der Waals surface area contributed by atoms with Gasteiger partial charge in [0, 0.05) is 11.6 Å². The molecule has 7 heteroatoms. The van der Waals surface area contributed by atoms with Crippen molar-refractivity contribution in [1.29, 1.82) is 0 Å². The lowest BCUT2D eigenvalue weighted by atomic mass is 10.2. The average molecular weight is 321 g/mol. The molecule has 1 aromatic rings. The van der Waals surface area contributed by atoms with Gasteiger partial charge in [0.2, 0.25) is 5.91 Å². The van der Waals surface area contributed by atoms with Crippen molar-refractivity contribution in [2.45, 2.75) is 13.3 Å². The minimum absolute atomic E-state index is 0.0894. The van der Waals surface area contributed by atoms with Gasteiger partial charge in [-0.1, -0.05) is 30.1 Å². The number of carbonyl (C=O) groups excluding carboxylic acids is 1. The number of carbonyl (C=O) groups is 1. The van der Waals surface area contributed by atoms with E-state index in [-0.39, 0.29) is 17.5 Å². The van der Waals surface area contributed by atoms with Gasteiger partial charge in [-0.2, -0.15) is 0 Å². The lowest BCUT2D eigenvalue weighted by Crippen LogP contribution is -2.20. The highest BCUT2D eigenvalue weighted by atomic mass is 35.5. The Labute approximate surface area is 128 Å². The summed E-state index contributed by atoms with van der Waals surface area (Å²) in [6, 6.07) is 3.02. The fourth-order valence-corrected chi connectivity index (χ4v) is 1.99. The molecule has 0 saturated carbocycles. The topological polar surface area (TPSA) is 73.6 Å². The van der Waals surface area contributed by atoms with E-state index in [1.54, 1.807) is 0 Å². The lowest BCUT2D eigenvalue weighted by Gasteiger charge is -2.11. The number of amides is 1. The van der Waals surface area contributed by atoms with Crippen LogP contribution in [0.1, 0.15) is 13.3 Å². The second kappa shape index (κ2) is 9.02. The summed E-state index contributed by atoms with van der Waals surface area (Å²) in [7, 11) is 0. The number of hydrogen-bond donors (Lipinski definition) is 2. The van der Waals surface area contributed by atoms with E-state index in [1.807, 2.05) is 6.92 Å². The number of nitrogen functional groups attached to an aromatic ring is 1. The number of nitrogens with one attached hydrogen (secondary N) is 1. The van der Waals surface area contributed by atoms with Crippen LogP contribution in [0.25, 0.3) is 0 Å². The van der Waals surface area contributed by atoms with Crippen LogP contribution in [0, 0.1) is 0 Å². The molecule has 0 unspecified atom stereocenters. The highest BCUT2D eigenvalue weighted by Gasteiger charge is 2.10. The zero-order valence-corrected chi connectivity index (χ0v) is 12.8. The summed E-state index contributed by atoms with van der Waals surface area (Å²) < 4.78 is 10.4. The first-order valence-corrected chi connectivity index (χ1v) is 7.00. The minimum atomic E-state index is -0.337. The molecule has 1 aromatic carbocycles. The maximum absolute atomic E-state index is 11.7. The summed E-state index contributed by atoms with van der Waals surface area (Å²) in [4.78, 5) is 11.7. The van der Waals surface area contributed by atoms with Gasteiger partial charge in [-0.25, -0.2) is 0 Å². The fraction of sp³-hybridized carbons (Fsp3) is 0.462. The van der Waals surface area contributed by atoms with Gasteiger partial charge < -0.3 is 20.5 Å². The number of hydrogen-bond acceptors (Lipinski definition) is 4. The van der Waals surface area contributed by atoms with Crippen molar-refractivity contribution in [3.63, 3.8) is 0 Å². The molecule has 1 rings (SSSR count). The van der Waals surface area contributed by atoms with Crippen LogP contribution >= 0.6 is 23.2 Å². The van der Waals surface area contributed by atoms with E-state index in [9.17, 15) is 4.79 Å². The van der Waals surface area contributed by atoms with Gasteiger partial charge in [-0.05, 0) is 18.6 Å². The summed E-state index contributed by atoms with van der Waals surface area (Å²) in [6.07, 6.45) is 0.953. The molecule has 0 aromatic heterocycles. The number of anilines is 2. The Morgan fingerprint density at radius 1 is 1.25 bits per heavy atom.